The zero-order valence-corrected chi connectivity index (χ0v) is 14.6. The molecule has 26 heavy (non-hydrogen) atoms. The van der Waals surface area contributed by atoms with Gasteiger partial charge in [-0.3, -0.25) is 10.2 Å². The molecule has 0 aliphatic heterocycles. The van der Waals surface area contributed by atoms with E-state index in [2.05, 4.69) is 10.5 Å². The largest absolute Gasteiger partial charge is 0.504 e. The molecule has 0 radical (unpaired) electrons. The number of allylic oxidation sites excluding steroid dienone is 2. The number of nitrogens with zero attached hydrogens (tertiary/aromatic N) is 1. The summed E-state index contributed by atoms with van der Waals surface area (Å²) < 4.78 is 10.1. The van der Waals surface area contributed by atoms with Gasteiger partial charge in [0.05, 0.1) is 30.5 Å². The summed E-state index contributed by atoms with van der Waals surface area (Å²) in [7, 11) is 1.72. The first-order chi connectivity index (χ1) is 12.5. The van der Waals surface area contributed by atoms with Gasteiger partial charge in [-0.2, -0.15) is 5.10 Å². The molecule has 0 unspecified atom stereocenters. The van der Waals surface area contributed by atoms with Gasteiger partial charge in [-0.15, -0.1) is 0 Å². The molecule has 0 amide bonds. The maximum Gasteiger partial charge on any atom is 0.165 e. The number of carbonyl (C=O) groups excluding carboxylic acids is 1. The van der Waals surface area contributed by atoms with Gasteiger partial charge in [0.2, 0.25) is 0 Å². The number of phenolic OH excluding ortho intramolecular Hbond substituents is 1. The molecule has 138 valence electrons. The number of phenols is 1. The predicted octanol–water partition coefficient (Wildman–Crippen LogP) is 2.03. The number of nitrogens with one attached hydrogen (secondary N) is 2. The van der Waals surface area contributed by atoms with Crippen LogP contribution in [0.25, 0.3) is 0 Å². The van der Waals surface area contributed by atoms with Gasteiger partial charge >= 0.3 is 0 Å². The highest BCUT2D eigenvalue weighted by Crippen LogP contribution is 2.26. The van der Waals surface area contributed by atoms with Gasteiger partial charge in [0.1, 0.15) is 0 Å². The van der Waals surface area contributed by atoms with Crippen LogP contribution in [0.2, 0.25) is 0 Å². The van der Waals surface area contributed by atoms with E-state index in [-0.39, 0.29) is 17.2 Å². The Labute approximate surface area is 151 Å². The summed E-state index contributed by atoms with van der Waals surface area (Å²) in [5.41, 5.74) is 8.81. The Morgan fingerprint density at radius 1 is 1.46 bits per heavy atom. The lowest BCUT2D eigenvalue weighted by Crippen LogP contribution is -2.02. The van der Waals surface area contributed by atoms with E-state index in [1.54, 1.807) is 43.6 Å². The van der Waals surface area contributed by atoms with Gasteiger partial charge in [0.15, 0.2) is 23.5 Å². The Morgan fingerprint density at radius 3 is 2.81 bits per heavy atom. The highest BCUT2D eigenvalue weighted by atomic mass is 16.5. The second-order valence-corrected chi connectivity index (χ2v) is 4.80. The van der Waals surface area contributed by atoms with Gasteiger partial charge in [-0.25, -0.2) is 0 Å². The summed E-state index contributed by atoms with van der Waals surface area (Å²) >= 11 is 0. The Balaban J connectivity index is 0.000000263. The fourth-order valence-electron chi connectivity index (χ4n) is 1.72. The number of hydrazone groups is 1. The highest BCUT2D eigenvalue weighted by molar-refractivity contribution is 6.06. The highest BCUT2D eigenvalue weighted by Gasteiger charge is 2.02. The molecule has 0 saturated carbocycles. The summed E-state index contributed by atoms with van der Waals surface area (Å²) in [4.78, 5) is 10.1. The quantitative estimate of drug-likeness (QED) is 0.259. The molecular weight excluding hydrogens is 336 g/mol. The minimum atomic E-state index is 0.0106. The maximum atomic E-state index is 10.1. The number of carbonyl (C=O) groups is 1. The van der Waals surface area contributed by atoms with Gasteiger partial charge in [0.25, 0.3) is 0 Å². The number of nitrogens with two attached hydrogens (primary N) is 1. The minimum absolute atomic E-state index is 0.0106. The zero-order chi connectivity index (χ0) is 19.4. The van der Waals surface area contributed by atoms with E-state index in [1.807, 2.05) is 6.92 Å². The fourth-order valence-corrected chi connectivity index (χ4v) is 1.72. The monoisotopic (exact) mass is 358 g/mol. The van der Waals surface area contributed by atoms with E-state index in [0.29, 0.717) is 24.4 Å². The molecule has 0 bridgehead atoms. The molecule has 0 atom stereocenters. The standard InChI is InChI=1S/C10H14N2O2.C8H8N2O2/c1-3-14-10-6-8(7-12-11-2)4-5-9(10)13;9-6(5-11)4-7(10)8-2-1-3-12-8/h4-7,11,13H,3H2,1-2H3;1-5,10H,9H2/b12-7+;6-4-,10-7?. The van der Waals surface area contributed by atoms with Crippen molar-refractivity contribution in [3.63, 3.8) is 0 Å². The number of hydrogen-bond donors (Lipinski definition) is 4. The van der Waals surface area contributed by atoms with Crippen LogP contribution >= 0.6 is 0 Å². The number of aldehydes is 1. The first-order valence-electron chi connectivity index (χ1n) is 7.72. The number of aromatic hydroxyl groups is 1. The third-order valence-corrected chi connectivity index (χ3v) is 2.86. The third kappa shape index (κ3) is 6.91. The van der Waals surface area contributed by atoms with E-state index in [1.165, 1.54) is 12.3 Å². The molecule has 1 heterocycles. The predicted molar refractivity (Wildman–Crippen MR) is 99.8 cm³/mol. The summed E-state index contributed by atoms with van der Waals surface area (Å²) in [5.74, 6) is 1.01. The minimum Gasteiger partial charge on any atom is -0.504 e. The summed E-state index contributed by atoms with van der Waals surface area (Å²) in [5, 5.41) is 20.6. The molecular formula is C18H22N4O4. The molecule has 0 aliphatic carbocycles. The van der Waals surface area contributed by atoms with Crippen molar-refractivity contribution >= 4 is 18.2 Å². The smallest absolute Gasteiger partial charge is 0.165 e. The molecule has 0 aliphatic rings. The Kier molecular flexibility index (Phi) is 8.74. The van der Waals surface area contributed by atoms with Crippen molar-refractivity contribution in [1.82, 2.24) is 5.43 Å². The average Bonchev–Trinajstić information content (AvgIpc) is 3.18. The van der Waals surface area contributed by atoms with Crippen LogP contribution in [-0.4, -0.2) is 37.0 Å². The van der Waals surface area contributed by atoms with Crippen LogP contribution in [0.4, 0.5) is 0 Å². The second-order valence-electron chi connectivity index (χ2n) is 4.80. The van der Waals surface area contributed by atoms with Gasteiger partial charge in [0, 0.05) is 7.05 Å². The zero-order valence-electron chi connectivity index (χ0n) is 14.6. The second kappa shape index (κ2) is 11.1. The fraction of sp³-hybridized carbons (Fsp3) is 0.167. The number of hydrogen-bond acceptors (Lipinski definition) is 8. The van der Waals surface area contributed by atoms with E-state index in [0.717, 1.165) is 5.56 Å². The number of ether oxygens (including phenoxy) is 1. The molecule has 0 fully saturated rings. The molecule has 8 heteroatoms. The number of furan rings is 1. The Bertz CT molecular complexity index is 768. The van der Waals surface area contributed by atoms with Crippen LogP contribution in [0.1, 0.15) is 18.2 Å². The SMILES string of the molecule is CCOc1cc(/C=N/NC)ccc1O.N=C(/C=C(\N)C=O)c1ccco1. The molecule has 2 aromatic rings. The van der Waals surface area contributed by atoms with Crippen LogP contribution in [0, 0.1) is 5.41 Å². The summed E-state index contributed by atoms with van der Waals surface area (Å²) in [6.45, 7) is 2.40. The molecule has 1 aromatic heterocycles. The summed E-state index contributed by atoms with van der Waals surface area (Å²) in [6, 6.07) is 8.37. The van der Waals surface area contributed by atoms with E-state index in [9.17, 15) is 9.90 Å². The van der Waals surface area contributed by atoms with Crippen molar-refractivity contribution in [3.05, 3.63) is 59.7 Å². The van der Waals surface area contributed by atoms with E-state index in [4.69, 9.17) is 20.3 Å². The van der Waals surface area contributed by atoms with Gasteiger partial charge < -0.3 is 25.4 Å². The van der Waals surface area contributed by atoms with Crippen molar-refractivity contribution in [2.45, 2.75) is 6.92 Å². The molecule has 0 saturated heterocycles. The van der Waals surface area contributed by atoms with Gasteiger partial charge in [-0.1, -0.05) is 0 Å². The molecule has 8 nitrogen and oxygen atoms in total. The lowest BCUT2D eigenvalue weighted by Gasteiger charge is -2.05. The molecule has 5 N–H and O–H groups in total. The normalized spacial score (nSPS) is 10.8. The van der Waals surface area contributed by atoms with E-state index < -0.39 is 0 Å². The molecule has 0 spiro atoms. The lowest BCUT2D eigenvalue weighted by atomic mass is 10.2. The van der Waals surface area contributed by atoms with Crippen molar-refractivity contribution < 1.29 is 19.1 Å². The summed E-state index contributed by atoms with van der Waals surface area (Å²) in [6.07, 6.45) is 4.83. The van der Waals surface area contributed by atoms with Crippen molar-refractivity contribution in [1.29, 1.82) is 5.41 Å². The number of rotatable bonds is 7. The molecule has 2 rings (SSSR count). The Hall–Kier alpha value is -3.55. The van der Waals surface area contributed by atoms with Crippen LogP contribution in [-0.2, 0) is 4.79 Å². The van der Waals surface area contributed by atoms with Crippen molar-refractivity contribution in [2.75, 3.05) is 13.7 Å². The first kappa shape index (κ1) is 20.5. The van der Waals surface area contributed by atoms with Crippen LogP contribution < -0.4 is 15.9 Å². The number of benzene rings is 1. The van der Waals surface area contributed by atoms with Crippen molar-refractivity contribution in [2.24, 2.45) is 10.8 Å². The third-order valence-electron chi connectivity index (χ3n) is 2.86. The van der Waals surface area contributed by atoms with Crippen LogP contribution in [0.15, 0.2) is 57.9 Å². The molecule has 1 aromatic carbocycles. The maximum absolute atomic E-state index is 10.1. The van der Waals surface area contributed by atoms with Gasteiger partial charge in [-0.05, 0) is 48.9 Å². The lowest BCUT2D eigenvalue weighted by molar-refractivity contribution is -0.104. The topological polar surface area (TPSA) is 134 Å². The van der Waals surface area contributed by atoms with Crippen molar-refractivity contribution in [3.8, 4) is 11.5 Å². The van der Waals surface area contributed by atoms with Crippen LogP contribution in [0.5, 0.6) is 11.5 Å². The van der Waals surface area contributed by atoms with Crippen LogP contribution in [0.3, 0.4) is 0 Å². The van der Waals surface area contributed by atoms with E-state index >= 15 is 0 Å². The average molecular weight is 358 g/mol. The first-order valence-corrected chi connectivity index (χ1v) is 7.72. The Morgan fingerprint density at radius 2 is 2.23 bits per heavy atom.